The molecule has 0 spiro atoms. The fourth-order valence-corrected chi connectivity index (χ4v) is 4.15. The van der Waals surface area contributed by atoms with Crippen LogP contribution in [0, 0.1) is 11.5 Å². The Morgan fingerprint density at radius 2 is 1.59 bits per heavy atom. The van der Waals surface area contributed by atoms with Gasteiger partial charge >= 0.3 is 0 Å². The molecule has 0 aliphatic rings. The van der Waals surface area contributed by atoms with Crippen LogP contribution in [0.3, 0.4) is 0 Å². The van der Waals surface area contributed by atoms with Crippen LogP contribution < -0.4 is 15.4 Å². The molecule has 168 valence electrons. The Labute approximate surface area is 203 Å². The summed E-state index contributed by atoms with van der Waals surface area (Å²) in [6.07, 6.45) is 5.29. The highest BCUT2D eigenvalue weighted by atomic mass is 32.2. The number of pyridine rings is 1. The van der Waals surface area contributed by atoms with Crippen LogP contribution in [0.15, 0.2) is 113 Å². The minimum absolute atomic E-state index is 0.148. The summed E-state index contributed by atoms with van der Waals surface area (Å²) in [6.45, 7) is 1.99. The summed E-state index contributed by atoms with van der Waals surface area (Å²) in [4.78, 5) is 9.78. The maximum absolute atomic E-state index is 9.07. The highest BCUT2D eigenvalue weighted by molar-refractivity contribution is 8.00. The minimum Gasteiger partial charge on any atom is -0.326 e. The number of aromatic nitrogens is 1. The predicted molar refractivity (Wildman–Crippen MR) is 140 cm³/mol. The molecule has 1 heterocycles. The van der Waals surface area contributed by atoms with Gasteiger partial charge in [-0.15, -0.1) is 0 Å². The summed E-state index contributed by atoms with van der Waals surface area (Å²) in [6, 6.07) is 30.4. The monoisotopic (exact) mass is 464 g/mol. The van der Waals surface area contributed by atoms with Crippen molar-refractivity contribution in [3.05, 3.63) is 109 Å². The van der Waals surface area contributed by atoms with Crippen LogP contribution in [0.25, 0.3) is 11.1 Å². The van der Waals surface area contributed by atoms with Gasteiger partial charge in [0.05, 0.1) is 6.04 Å². The first-order chi connectivity index (χ1) is 16.7. The van der Waals surface area contributed by atoms with Crippen molar-refractivity contribution in [1.82, 2.24) is 10.3 Å². The number of guanidine groups is 1. The molecule has 3 aromatic carbocycles. The molecule has 0 saturated carbocycles. The molecule has 0 saturated heterocycles. The van der Waals surface area contributed by atoms with E-state index in [9.17, 15) is 0 Å². The molecule has 0 bridgehead atoms. The Kier molecular flexibility index (Phi) is 7.78. The molecule has 3 N–H and O–H groups in total. The van der Waals surface area contributed by atoms with Gasteiger partial charge in [-0.3, -0.25) is 10.3 Å². The van der Waals surface area contributed by atoms with E-state index in [1.54, 1.807) is 24.3 Å². The second-order valence-electron chi connectivity index (χ2n) is 7.44. The molecule has 0 radical (unpaired) electrons. The standard InChI is InChI=1S/C27H24N6S/c1-20(31-27(30-19-28)32-23-15-17-29-18-16-23)21-11-13-24(14-12-21)33-34-26-10-6-5-9-25(26)22-7-3-2-4-8-22/h2-18,20,33H,1H3,(H2,29,30,31,32). The highest BCUT2D eigenvalue weighted by Gasteiger charge is 2.08. The number of rotatable bonds is 7. The average Bonchev–Trinajstić information content (AvgIpc) is 2.89. The number of hydrogen-bond acceptors (Lipinski definition) is 5. The third-order valence-electron chi connectivity index (χ3n) is 5.08. The normalized spacial score (nSPS) is 11.8. The molecule has 1 atom stereocenters. The fourth-order valence-electron chi connectivity index (χ4n) is 3.34. The maximum atomic E-state index is 9.07. The van der Waals surface area contributed by atoms with Gasteiger partial charge in [0.25, 0.3) is 0 Å². The quantitative estimate of drug-likeness (QED) is 0.0956. The lowest BCUT2D eigenvalue weighted by Crippen LogP contribution is -2.27. The molecule has 4 aromatic rings. The maximum Gasteiger partial charge on any atom is 0.209 e. The Bertz CT molecular complexity index is 1270. The second-order valence-corrected chi connectivity index (χ2v) is 8.29. The molecular weight excluding hydrogens is 440 g/mol. The molecule has 0 aliphatic carbocycles. The van der Waals surface area contributed by atoms with E-state index in [1.807, 2.05) is 61.6 Å². The van der Waals surface area contributed by atoms with Gasteiger partial charge in [0.15, 0.2) is 6.19 Å². The fraction of sp³-hybridized carbons (Fsp3) is 0.0741. The Hall–Kier alpha value is -4.28. The van der Waals surface area contributed by atoms with Gasteiger partial charge in [-0.1, -0.05) is 60.7 Å². The van der Waals surface area contributed by atoms with Crippen molar-refractivity contribution in [1.29, 1.82) is 5.26 Å². The van der Waals surface area contributed by atoms with Gasteiger partial charge in [0.2, 0.25) is 5.96 Å². The molecule has 7 heteroatoms. The number of nitrogens with zero attached hydrogens (tertiary/aromatic N) is 3. The van der Waals surface area contributed by atoms with Crippen molar-refractivity contribution in [2.24, 2.45) is 4.99 Å². The van der Waals surface area contributed by atoms with Crippen LogP contribution in [0.5, 0.6) is 0 Å². The van der Waals surface area contributed by atoms with Crippen LogP contribution in [-0.2, 0) is 0 Å². The average molecular weight is 465 g/mol. The first-order valence-electron chi connectivity index (χ1n) is 10.8. The van der Waals surface area contributed by atoms with Crippen molar-refractivity contribution >= 4 is 29.3 Å². The number of aliphatic imine (C=N–C) groups is 1. The van der Waals surface area contributed by atoms with Gasteiger partial charge in [-0.2, -0.15) is 5.26 Å². The van der Waals surface area contributed by atoms with E-state index >= 15 is 0 Å². The highest BCUT2D eigenvalue weighted by Crippen LogP contribution is 2.32. The molecule has 0 amide bonds. The second kappa shape index (κ2) is 11.5. The van der Waals surface area contributed by atoms with E-state index in [0.29, 0.717) is 5.96 Å². The first-order valence-corrected chi connectivity index (χ1v) is 11.6. The van der Waals surface area contributed by atoms with Crippen LogP contribution in [0.4, 0.5) is 11.4 Å². The minimum atomic E-state index is -0.148. The van der Waals surface area contributed by atoms with Gasteiger partial charge in [0, 0.05) is 28.7 Å². The van der Waals surface area contributed by atoms with Gasteiger partial charge < -0.3 is 10.0 Å². The number of nitrogens with one attached hydrogen (secondary N) is 3. The van der Waals surface area contributed by atoms with E-state index in [0.717, 1.165) is 21.8 Å². The number of benzene rings is 3. The zero-order valence-corrected chi connectivity index (χ0v) is 19.5. The molecule has 34 heavy (non-hydrogen) atoms. The summed E-state index contributed by atoms with van der Waals surface area (Å²) in [5.74, 6) is 0.386. The van der Waals surface area contributed by atoms with Crippen molar-refractivity contribution in [3.63, 3.8) is 0 Å². The van der Waals surface area contributed by atoms with Crippen molar-refractivity contribution < 1.29 is 0 Å². The predicted octanol–water partition coefficient (Wildman–Crippen LogP) is 6.47. The Morgan fingerprint density at radius 3 is 2.32 bits per heavy atom. The molecule has 0 fully saturated rings. The zero-order valence-electron chi connectivity index (χ0n) is 18.6. The molecule has 4 rings (SSSR count). The summed E-state index contributed by atoms with van der Waals surface area (Å²) in [5.41, 5.74) is 5.22. The van der Waals surface area contributed by atoms with Crippen molar-refractivity contribution in [3.8, 4) is 17.3 Å². The lowest BCUT2D eigenvalue weighted by Gasteiger charge is -2.13. The van der Waals surface area contributed by atoms with Gasteiger partial charge in [-0.05, 0) is 65.9 Å². The lowest BCUT2D eigenvalue weighted by atomic mass is 10.1. The zero-order chi connectivity index (χ0) is 23.6. The van der Waals surface area contributed by atoms with E-state index in [-0.39, 0.29) is 6.04 Å². The van der Waals surface area contributed by atoms with Crippen LogP contribution in [0.1, 0.15) is 18.5 Å². The van der Waals surface area contributed by atoms with Crippen LogP contribution in [-0.4, -0.2) is 10.9 Å². The topological polar surface area (TPSA) is 85.1 Å². The summed E-state index contributed by atoms with van der Waals surface area (Å²) < 4.78 is 3.44. The molecular formula is C27H24N6S. The molecule has 6 nitrogen and oxygen atoms in total. The SMILES string of the molecule is CC(N=C(NC#N)Nc1ccncc1)c1ccc(NSc2ccccc2-c2ccccc2)cc1. The Morgan fingerprint density at radius 1 is 0.882 bits per heavy atom. The first kappa shape index (κ1) is 22.9. The van der Waals surface area contributed by atoms with Crippen molar-refractivity contribution in [2.75, 3.05) is 10.0 Å². The lowest BCUT2D eigenvalue weighted by molar-refractivity contribution is 0.813. The van der Waals surface area contributed by atoms with Gasteiger partial charge in [-0.25, -0.2) is 4.99 Å². The van der Waals surface area contributed by atoms with Crippen LogP contribution >= 0.6 is 11.9 Å². The Balaban J connectivity index is 1.42. The number of hydrogen-bond donors (Lipinski definition) is 3. The molecule has 0 aliphatic heterocycles. The van der Waals surface area contributed by atoms with Gasteiger partial charge in [0.1, 0.15) is 0 Å². The third-order valence-corrected chi connectivity index (χ3v) is 6.00. The summed E-state index contributed by atoms with van der Waals surface area (Å²) in [7, 11) is 0. The van der Waals surface area contributed by atoms with Crippen LogP contribution in [0.2, 0.25) is 0 Å². The largest absolute Gasteiger partial charge is 0.326 e. The van der Waals surface area contributed by atoms with E-state index in [2.05, 4.69) is 67.8 Å². The molecule has 1 unspecified atom stereocenters. The van der Waals surface area contributed by atoms with E-state index in [4.69, 9.17) is 5.26 Å². The van der Waals surface area contributed by atoms with E-state index < -0.39 is 0 Å². The summed E-state index contributed by atoms with van der Waals surface area (Å²) in [5, 5.41) is 14.8. The summed E-state index contributed by atoms with van der Waals surface area (Å²) >= 11 is 1.59. The third kappa shape index (κ3) is 6.15. The van der Waals surface area contributed by atoms with E-state index in [1.165, 1.54) is 11.1 Å². The number of nitriles is 1. The van der Waals surface area contributed by atoms with Crippen molar-refractivity contribution in [2.45, 2.75) is 17.9 Å². The smallest absolute Gasteiger partial charge is 0.209 e. The number of anilines is 2. The molecule has 1 aromatic heterocycles.